The fraction of sp³-hybridized carbons (Fsp3) is 0.188. The third-order valence-corrected chi connectivity index (χ3v) is 3.33. The number of rotatable bonds is 6. The number of nitrogens with one attached hydrogen (secondary N) is 1. The number of nitro benzene ring substituents is 1. The van der Waals surface area contributed by atoms with Crippen LogP contribution in [-0.4, -0.2) is 25.4 Å². The smallest absolute Gasteiger partial charge is 0.416 e. The van der Waals surface area contributed by atoms with Gasteiger partial charge in [0.05, 0.1) is 30.9 Å². The molecule has 2 aromatic rings. The van der Waals surface area contributed by atoms with Gasteiger partial charge in [-0.2, -0.15) is 18.3 Å². The number of alkyl halides is 3. The van der Waals surface area contributed by atoms with Crippen molar-refractivity contribution in [2.45, 2.75) is 6.18 Å². The fourth-order valence-electron chi connectivity index (χ4n) is 2.06. The number of hydrogen-bond donors (Lipinski definition) is 1. The lowest BCUT2D eigenvalue weighted by atomic mass is 10.1. The number of nitrogens with zero attached hydrogens (tertiary/aromatic N) is 2. The normalized spacial score (nSPS) is 11.4. The summed E-state index contributed by atoms with van der Waals surface area (Å²) in [7, 11) is 2.94. The lowest BCUT2D eigenvalue weighted by Gasteiger charge is -2.09. The molecule has 0 atom stereocenters. The van der Waals surface area contributed by atoms with E-state index in [2.05, 4.69) is 10.5 Å². The molecule has 0 aliphatic rings. The van der Waals surface area contributed by atoms with E-state index in [4.69, 9.17) is 9.47 Å². The van der Waals surface area contributed by atoms with Crippen molar-refractivity contribution in [1.29, 1.82) is 0 Å². The van der Waals surface area contributed by atoms with Gasteiger partial charge in [-0.05, 0) is 35.9 Å². The van der Waals surface area contributed by atoms with Gasteiger partial charge in [0.2, 0.25) is 0 Å². The molecule has 0 amide bonds. The van der Waals surface area contributed by atoms with Crippen LogP contribution in [0.5, 0.6) is 11.5 Å². The molecule has 1 N–H and O–H groups in total. The molecule has 7 nitrogen and oxygen atoms in total. The van der Waals surface area contributed by atoms with E-state index in [0.717, 1.165) is 12.1 Å². The standard InChI is InChI=1S/C16H14F3N3O4/c1-25-14-6-3-10(7-15(14)26-2)9-20-21-12-5-4-11(16(17,18)19)8-13(12)22(23)24/h3-9,21H,1-2H3/b20-9+. The van der Waals surface area contributed by atoms with Gasteiger partial charge < -0.3 is 9.47 Å². The molecule has 0 bridgehead atoms. The molecule has 0 aromatic heterocycles. The highest BCUT2D eigenvalue weighted by molar-refractivity contribution is 5.82. The van der Waals surface area contributed by atoms with Gasteiger partial charge >= 0.3 is 6.18 Å². The number of hydrazone groups is 1. The van der Waals surface area contributed by atoms with Crippen LogP contribution in [0.1, 0.15) is 11.1 Å². The first-order chi connectivity index (χ1) is 12.3. The van der Waals surface area contributed by atoms with Crippen LogP contribution in [0.3, 0.4) is 0 Å². The minimum absolute atomic E-state index is 0.167. The molecule has 0 spiro atoms. The van der Waals surface area contributed by atoms with Gasteiger partial charge in [-0.15, -0.1) is 0 Å². The van der Waals surface area contributed by atoms with Crippen LogP contribution < -0.4 is 14.9 Å². The summed E-state index contributed by atoms with van der Waals surface area (Å²) in [4.78, 5) is 10.1. The summed E-state index contributed by atoms with van der Waals surface area (Å²) in [5.41, 5.74) is 0.952. The maximum Gasteiger partial charge on any atom is 0.416 e. The monoisotopic (exact) mass is 369 g/mol. The number of anilines is 1. The van der Waals surface area contributed by atoms with Crippen molar-refractivity contribution in [3.8, 4) is 11.5 Å². The Morgan fingerprint density at radius 2 is 1.81 bits per heavy atom. The Morgan fingerprint density at radius 3 is 2.38 bits per heavy atom. The summed E-state index contributed by atoms with van der Waals surface area (Å²) < 4.78 is 48.3. The average molecular weight is 369 g/mol. The first kappa shape index (κ1) is 19.0. The molecule has 0 fully saturated rings. The Labute approximate surface area is 146 Å². The Kier molecular flexibility index (Phi) is 5.65. The number of halogens is 3. The second kappa shape index (κ2) is 7.72. The molecule has 2 aromatic carbocycles. The molecule has 0 saturated carbocycles. The molecule has 26 heavy (non-hydrogen) atoms. The Morgan fingerprint density at radius 1 is 1.12 bits per heavy atom. The zero-order valence-electron chi connectivity index (χ0n) is 13.7. The zero-order chi connectivity index (χ0) is 19.3. The van der Waals surface area contributed by atoms with E-state index in [0.29, 0.717) is 23.1 Å². The molecule has 138 valence electrons. The quantitative estimate of drug-likeness (QED) is 0.471. The van der Waals surface area contributed by atoms with Gasteiger partial charge in [-0.25, -0.2) is 0 Å². The van der Waals surface area contributed by atoms with Crippen molar-refractivity contribution in [1.82, 2.24) is 0 Å². The first-order valence-corrected chi connectivity index (χ1v) is 7.13. The molecule has 0 saturated heterocycles. The highest BCUT2D eigenvalue weighted by Crippen LogP contribution is 2.35. The molecule has 10 heteroatoms. The van der Waals surface area contributed by atoms with Crippen molar-refractivity contribution in [2.75, 3.05) is 19.6 Å². The predicted octanol–water partition coefficient (Wildman–Crippen LogP) is 4.08. The minimum Gasteiger partial charge on any atom is -0.493 e. The van der Waals surface area contributed by atoms with Gasteiger partial charge in [-0.3, -0.25) is 15.5 Å². The van der Waals surface area contributed by atoms with Crippen LogP contribution >= 0.6 is 0 Å². The van der Waals surface area contributed by atoms with E-state index in [-0.39, 0.29) is 5.69 Å². The maximum absolute atomic E-state index is 12.7. The first-order valence-electron chi connectivity index (χ1n) is 7.13. The third-order valence-electron chi connectivity index (χ3n) is 3.33. The van der Waals surface area contributed by atoms with Crippen molar-refractivity contribution >= 4 is 17.6 Å². The lowest BCUT2D eigenvalue weighted by Crippen LogP contribution is -2.06. The molecular formula is C16H14F3N3O4. The molecule has 0 unspecified atom stereocenters. The van der Waals surface area contributed by atoms with E-state index < -0.39 is 22.4 Å². The predicted molar refractivity (Wildman–Crippen MR) is 88.9 cm³/mol. The lowest BCUT2D eigenvalue weighted by molar-refractivity contribution is -0.384. The molecule has 0 heterocycles. The SMILES string of the molecule is COc1ccc(/C=N/Nc2ccc(C(F)(F)F)cc2[N+](=O)[O-])cc1OC. The highest BCUT2D eigenvalue weighted by Gasteiger charge is 2.33. The van der Waals surface area contributed by atoms with Crippen molar-refractivity contribution < 1.29 is 27.6 Å². The van der Waals surface area contributed by atoms with Crippen molar-refractivity contribution in [2.24, 2.45) is 5.10 Å². The summed E-state index contributed by atoms with van der Waals surface area (Å²) in [5, 5.41) is 14.8. The molecule has 0 aliphatic heterocycles. The van der Waals surface area contributed by atoms with E-state index in [1.807, 2.05) is 0 Å². The van der Waals surface area contributed by atoms with Gasteiger partial charge in [-0.1, -0.05) is 0 Å². The number of hydrogen-bond acceptors (Lipinski definition) is 6. The molecular weight excluding hydrogens is 355 g/mol. The summed E-state index contributed by atoms with van der Waals surface area (Å²) >= 11 is 0. The number of methoxy groups -OCH3 is 2. The molecule has 0 radical (unpaired) electrons. The van der Waals surface area contributed by atoms with Crippen molar-refractivity contribution in [3.05, 3.63) is 57.6 Å². The maximum atomic E-state index is 12.7. The number of ether oxygens (including phenoxy) is 2. The van der Waals surface area contributed by atoms with Gasteiger partial charge in [0.1, 0.15) is 5.69 Å². The van der Waals surface area contributed by atoms with Gasteiger partial charge in [0.25, 0.3) is 5.69 Å². The topological polar surface area (TPSA) is 86.0 Å². The highest BCUT2D eigenvalue weighted by atomic mass is 19.4. The number of benzene rings is 2. The van der Waals surface area contributed by atoms with E-state index >= 15 is 0 Å². The van der Waals surface area contributed by atoms with Crippen LogP contribution in [0, 0.1) is 10.1 Å². The van der Waals surface area contributed by atoms with E-state index in [1.54, 1.807) is 18.2 Å². The minimum atomic E-state index is -4.67. The van der Waals surface area contributed by atoms with Crippen LogP contribution in [0.25, 0.3) is 0 Å². The second-order valence-electron chi connectivity index (χ2n) is 4.97. The third kappa shape index (κ3) is 4.41. The second-order valence-corrected chi connectivity index (χ2v) is 4.97. The van der Waals surface area contributed by atoms with Crippen LogP contribution in [0.2, 0.25) is 0 Å². The van der Waals surface area contributed by atoms with E-state index in [9.17, 15) is 23.3 Å². The summed E-state index contributed by atoms with van der Waals surface area (Å²) in [6, 6.07) is 7.06. The Bertz CT molecular complexity index is 838. The molecule has 2 rings (SSSR count). The van der Waals surface area contributed by atoms with Crippen LogP contribution in [0.4, 0.5) is 24.5 Å². The summed E-state index contributed by atoms with van der Waals surface area (Å²) in [6.45, 7) is 0. The van der Waals surface area contributed by atoms with Crippen molar-refractivity contribution in [3.63, 3.8) is 0 Å². The number of nitro groups is 1. The van der Waals surface area contributed by atoms with E-state index in [1.165, 1.54) is 20.4 Å². The van der Waals surface area contributed by atoms with Gasteiger partial charge in [0.15, 0.2) is 11.5 Å². The Hall–Kier alpha value is -3.30. The Balaban J connectivity index is 2.23. The summed E-state index contributed by atoms with van der Waals surface area (Å²) in [5.74, 6) is 0.966. The summed E-state index contributed by atoms with van der Waals surface area (Å²) in [6.07, 6.45) is -3.34. The zero-order valence-corrected chi connectivity index (χ0v) is 13.7. The average Bonchev–Trinajstić information content (AvgIpc) is 2.60. The fourth-order valence-corrected chi connectivity index (χ4v) is 2.06. The largest absolute Gasteiger partial charge is 0.493 e. The van der Waals surface area contributed by atoms with Crippen LogP contribution in [-0.2, 0) is 6.18 Å². The van der Waals surface area contributed by atoms with Gasteiger partial charge in [0, 0.05) is 6.07 Å². The van der Waals surface area contributed by atoms with Crippen LogP contribution in [0.15, 0.2) is 41.5 Å². The molecule has 0 aliphatic carbocycles.